The van der Waals surface area contributed by atoms with Gasteiger partial charge in [-0.05, 0) is 31.5 Å². The van der Waals surface area contributed by atoms with Crippen molar-refractivity contribution in [3.8, 4) is 5.75 Å². The average molecular weight is 403 g/mol. The number of nitrogens with one attached hydrogen (secondary N) is 1. The van der Waals surface area contributed by atoms with Gasteiger partial charge in [-0.3, -0.25) is 23.9 Å². The van der Waals surface area contributed by atoms with Gasteiger partial charge in [0.1, 0.15) is 11.6 Å². The van der Waals surface area contributed by atoms with E-state index < -0.39 is 29.7 Å². The monoisotopic (exact) mass is 403 g/mol. The Labute approximate surface area is 167 Å². The van der Waals surface area contributed by atoms with Crippen LogP contribution in [0.4, 0.5) is 11.5 Å². The van der Waals surface area contributed by atoms with Crippen LogP contribution in [0.3, 0.4) is 0 Å². The van der Waals surface area contributed by atoms with Gasteiger partial charge in [-0.2, -0.15) is 0 Å². The summed E-state index contributed by atoms with van der Waals surface area (Å²) in [6, 6.07) is 6.08. The number of carbonyl (C=O) groups excluding carboxylic acids is 2. The number of nitrogen functional groups attached to an aromatic ring is 1. The zero-order chi connectivity index (χ0) is 21.6. The number of ether oxygens (including phenoxy) is 1. The molecule has 10 nitrogen and oxygen atoms in total. The number of hydrogen-bond acceptors (Lipinski definition) is 6. The molecule has 1 aromatic heterocycles. The van der Waals surface area contributed by atoms with E-state index in [1.807, 2.05) is 6.92 Å². The summed E-state index contributed by atoms with van der Waals surface area (Å²) in [5, 5.41) is 0. The van der Waals surface area contributed by atoms with Gasteiger partial charge in [0, 0.05) is 18.7 Å². The summed E-state index contributed by atoms with van der Waals surface area (Å²) < 4.78 is 6.68. The number of carbonyl (C=O) groups is 2. The third-order valence-electron chi connectivity index (χ3n) is 4.32. The second kappa shape index (κ2) is 9.58. The molecule has 0 fully saturated rings. The van der Waals surface area contributed by atoms with Gasteiger partial charge < -0.3 is 21.1 Å². The summed E-state index contributed by atoms with van der Waals surface area (Å²) in [4.78, 5) is 51.7. The Hall–Kier alpha value is -3.56. The predicted octanol–water partition coefficient (Wildman–Crippen LogP) is 0.450. The first-order valence-electron chi connectivity index (χ1n) is 9.25. The summed E-state index contributed by atoms with van der Waals surface area (Å²) in [6.45, 7) is 3.70. The number of aromatic amines is 1. The number of primary amides is 1. The minimum Gasteiger partial charge on any atom is -0.484 e. The van der Waals surface area contributed by atoms with Crippen LogP contribution < -0.4 is 32.4 Å². The van der Waals surface area contributed by atoms with Gasteiger partial charge in [0.05, 0.1) is 0 Å². The minimum atomic E-state index is -0.744. The van der Waals surface area contributed by atoms with Crippen molar-refractivity contribution in [2.75, 3.05) is 23.8 Å². The van der Waals surface area contributed by atoms with Crippen molar-refractivity contribution in [1.29, 1.82) is 0 Å². The van der Waals surface area contributed by atoms with E-state index in [4.69, 9.17) is 16.2 Å². The molecule has 0 aliphatic heterocycles. The second-order valence-corrected chi connectivity index (χ2v) is 6.32. The smallest absolute Gasteiger partial charge is 0.330 e. The van der Waals surface area contributed by atoms with E-state index in [0.717, 1.165) is 11.3 Å². The largest absolute Gasteiger partial charge is 0.484 e. The van der Waals surface area contributed by atoms with Crippen LogP contribution in [0, 0.1) is 0 Å². The Balaban J connectivity index is 2.27. The van der Waals surface area contributed by atoms with Gasteiger partial charge >= 0.3 is 5.69 Å². The molecule has 0 atom stereocenters. The fraction of sp³-hybridized carbons (Fsp3) is 0.368. The summed E-state index contributed by atoms with van der Waals surface area (Å²) >= 11 is 0. The number of rotatable bonds is 9. The maximum atomic E-state index is 12.7. The number of hydrogen-bond donors (Lipinski definition) is 3. The molecular formula is C19H25N5O5. The normalized spacial score (nSPS) is 10.6. The van der Waals surface area contributed by atoms with Gasteiger partial charge in [-0.1, -0.05) is 19.4 Å². The molecule has 0 bridgehead atoms. The Kier molecular flexibility index (Phi) is 7.18. The summed E-state index contributed by atoms with van der Waals surface area (Å²) in [5.41, 5.74) is 10.1. The minimum absolute atomic E-state index is 0.0712. The average Bonchev–Trinajstić information content (AvgIpc) is 2.69. The highest BCUT2D eigenvalue weighted by atomic mass is 16.5. The summed E-state index contributed by atoms with van der Waals surface area (Å²) in [5.74, 6) is -0.945. The molecule has 0 aliphatic rings. The first-order valence-corrected chi connectivity index (χ1v) is 9.25. The molecule has 0 aliphatic carbocycles. The summed E-state index contributed by atoms with van der Waals surface area (Å²) in [7, 11) is 0. The van der Waals surface area contributed by atoms with Crippen molar-refractivity contribution >= 4 is 23.3 Å². The molecule has 10 heteroatoms. The molecule has 29 heavy (non-hydrogen) atoms. The van der Waals surface area contributed by atoms with E-state index in [1.54, 1.807) is 19.1 Å². The van der Waals surface area contributed by atoms with Crippen molar-refractivity contribution in [2.45, 2.75) is 33.2 Å². The van der Waals surface area contributed by atoms with Gasteiger partial charge in [-0.25, -0.2) is 4.79 Å². The van der Waals surface area contributed by atoms with Gasteiger partial charge in [0.2, 0.25) is 5.91 Å². The van der Waals surface area contributed by atoms with E-state index >= 15 is 0 Å². The molecule has 0 saturated carbocycles. The number of benzene rings is 1. The van der Waals surface area contributed by atoms with Gasteiger partial charge in [-0.15, -0.1) is 0 Å². The molecule has 0 radical (unpaired) electrons. The highest BCUT2D eigenvalue weighted by molar-refractivity contribution is 5.96. The molecule has 0 unspecified atom stereocenters. The molecule has 2 rings (SSSR count). The standard InChI is InChI=1S/C19H25N5O5/c1-3-5-9-24-16(20)15(18(27)22-19(24)28)23(4-2)14(25)11-29-13-8-6-7-12(10-13)17(21)26/h6-8,10H,3-5,9,11,20H2,1-2H3,(H2,21,26)(H,22,27,28). The first kappa shape index (κ1) is 21.7. The molecule has 0 saturated heterocycles. The highest BCUT2D eigenvalue weighted by Crippen LogP contribution is 2.18. The fourth-order valence-electron chi connectivity index (χ4n) is 2.80. The van der Waals surface area contributed by atoms with Crippen molar-refractivity contribution in [3.63, 3.8) is 0 Å². The van der Waals surface area contributed by atoms with Crippen LogP contribution in [-0.4, -0.2) is 34.5 Å². The number of aromatic nitrogens is 2. The predicted molar refractivity (Wildman–Crippen MR) is 109 cm³/mol. The number of nitrogens with zero attached hydrogens (tertiary/aromatic N) is 2. The lowest BCUT2D eigenvalue weighted by Gasteiger charge is -2.23. The third-order valence-corrected chi connectivity index (χ3v) is 4.32. The molecular weight excluding hydrogens is 378 g/mol. The number of H-pyrrole nitrogens is 1. The Morgan fingerprint density at radius 2 is 1.97 bits per heavy atom. The van der Waals surface area contributed by atoms with Crippen LogP contribution in [0.1, 0.15) is 37.0 Å². The van der Waals surface area contributed by atoms with Crippen molar-refractivity contribution < 1.29 is 14.3 Å². The molecule has 1 aromatic carbocycles. The molecule has 156 valence electrons. The molecule has 5 N–H and O–H groups in total. The zero-order valence-corrected chi connectivity index (χ0v) is 16.4. The molecule has 2 amide bonds. The van der Waals surface area contributed by atoms with E-state index in [0.29, 0.717) is 13.0 Å². The second-order valence-electron chi connectivity index (χ2n) is 6.32. The molecule has 1 heterocycles. The van der Waals surface area contributed by atoms with Crippen LogP contribution in [0.15, 0.2) is 33.9 Å². The maximum Gasteiger partial charge on any atom is 0.330 e. The van der Waals surface area contributed by atoms with Gasteiger partial charge in [0.25, 0.3) is 11.5 Å². The van der Waals surface area contributed by atoms with Crippen LogP contribution in [-0.2, 0) is 11.3 Å². The van der Waals surface area contributed by atoms with E-state index in [-0.39, 0.29) is 29.4 Å². The number of anilines is 2. The van der Waals surface area contributed by atoms with E-state index in [1.165, 1.54) is 16.7 Å². The zero-order valence-electron chi connectivity index (χ0n) is 16.4. The number of unbranched alkanes of at least 4 members (excludes halogenated alkanes) is 1. The van der Waals surface area contributed by atoms with E-state index in [2.05, 4.69) is 4.98 Å². The fourth-order valence-corrected chi connectivity index (χ4v) is 2.80. The number of likely N-dealkylation sites (N-methyl/N-ethyl adjacent to an activating group) is 1. The summed E-state index contributed by atoms with van der Waals surface area (Å²) in [6.07, 6.45) is 1.52. The Bertz CT molecular complexity index is 1010. The van der Waals surface area contributed by atoms with Crippen LogP contribution >= 0.6 is 0 Å². The van der Waals surface area contributed by atoms with Crippen LogP contribution in [0.25, 0.3) is 0 Å². The van der Waals surface area contributed by atoms with E-state index in [9.17, 15) is 19.2 Å². The first-order chi connectivity index (χ1) is 13.8. The molecule has 2 aromatic rings. The number of amides is 2. The topological polar surface area (TPSA) is 154 Å². The van der Waals surface area contributed by atoms with Crippen LogP contribution in [0.5, 0.6) is 5.75 Å². The lowest BCUT2D eigenvalue weighted by atomic mass is 10.2. The van der Waals surface area contributed by atoms with Gasteiger partial charge in [0.15, 0.2) is 12.3 Å². The van der Waals surface area contributed by atoms with Crippen molar-refractivity contribution in [2.24, 2.45) is 5.73 Å². The Morgan fingerprint density at radius 3 is 2.59 bits per heavy atom. The SMILES string of the molecule is CCCCn1c(N)c(N(CC)C(=O)COc2cccc(C(N)=O)c2)c(=O)[nH]c1=O. The van der Waals surface area contributed by atoms with Crippen molar-refractivity contribution in [1.82, 2.24) is 9.55 Å². The van der Waals surface area contributed by atoms with Crippen molar-refractivity contribution in [3.05, 3.63) is 50.7 Å². The quantitative estimate of drug-likeness (QED) is 0.552. The number of nitrogens with two attached hydrogens (primary N) is 2. The lowest BCUT2D eigenvalue weighted by molar-refractivity contribution is -0.120. The highest BCUT2D eigenvalue weighted by Gasteiger charge is 2.23. The molecule has 0 spiro atoms. The lowest BCUT2D eigenvalue weighted by Crippen LogP contribution is -2.42. The third kappa shape index (κ3) is 5.03. The Morgan fingerprint density at radius 1 is 1.24 bits per heavy atom. The van der Waals surface area contributed by atoms with Crippen LogP contribution in [0.2, 0.25) is 0 Å². The maximum absolute atomic E-state index is 12.7.